The molecule has 0 radical (unpaired) electrons. The summed E-state index contributed by atoms with van der Waals surface area (Å²) in [6.07, 6.45) is 2.00. The molecule has 13 heavy (non-hydrogen) atoms. The van der Waals surface area contributed by atoms with Gasteiger partial charge >= 0.3 is 0 Å². The van der Waals surface area contributed by atoms with Gasteiger partial charge in [-0.1, -0.05) is 5.16 Å². The molecule has 5 nitrogen and oxygen atoms in total. The fraction of sp³-hybridized carbons (Fsp3) is 0.750. The first kappa shape index (κ1) is 8.65. The van der Waals surface area contributed by atoms with Gasteiger partial charge in [0.1, 0.15) is 6.10 Å². The summed E-state index contributed by atoms with van der Waals surface area (Å²) < 4.78 is 10.6. The minimum Gasteiger partial charge on any atom is -0.364 e. The zero-order valence-corrected chi connectivity index (χ0v) is 7.56. The van der Waals surface area contributed by atoms with Crippen molar-refractivity contribution in [2.24, 2.45) is 5.73 Å². The van der Waals surface area contributed by atoms with E-state index in [4.69, 9.17) is 15.0 Å². The number of hydrogen-bond acceptors (Lipinski definition) is 5. The van der Waals surface area contributed by atoms with Gasteiger partial charge in [0.05, 0.1) is 6.10 Å². The van der Waals surface area contributed by atoms with E-state index in [2.05, 4.69) is 10.1 Å². The molecule has 5 heteroatoms. The predicted octanol–water partition coefficient (Wildman–Crippen LogP) is 0.557. The molecule has 0 bridgehead atoms. The minimum absolute atomic E-state index is 0.0465. The van der Waals surface area contributed by atoms with Crippen molar-refractivity contribution in [2.75, 3.05) is 6.54 Å². The molecule has 1 aromatic heterocycles. The van der Waals surface area contributed by atoms with Crippen LogP contribution in [0.2, 0.25) is 0 Å². The second-order valence-electron chi connectivity index (χ2n) is 3.24. The maximum absolute atomic E-state index is 5.59. The van der Waals surface area contributed by atoms with Gasteiger partial charge in [-0.25, -0.2) is 0 Å². The molecule has 2 rings (SSSR count). The largest absolute Gasteiger partial charge is 0.364 e. The molecule has 0 saturated carbocycles. The molecule has 2 N–H and O–H groups in total. The summed E-state index contributed by atoms with van der Waals surface area (Å²) in [5.41, 5.74) is 5.49. The second-order valence-corrected chi connectivity index (χ2v) is 3.24. The van der Waals surface area contributed by atoms with Crippen molar-refractivity contribution >= 4 is 0 Å². The first-order chi connectivity index (χ1) is 6.29. The third-order valence-corrected chi connectivity index (χ3v) is 2.19. The van der Waals surface area contributed by atoms with E-state index < -0.39 is 0 Å². The highest BCUT2D eigenvalue weighted by atomic mass is 16.5. The smallest absolute Gasteiger partial charge is 0.255 e. The van der Waals surface area contributed by atoms with Crippen LogP contribution in [0.15, 0.2) is 4.52 Å². The molecule has 0 spiro atoms. The van der Waals surface area contributed by atoms with Gasteiger partial charge in [-0.05, 0) is 19.8 Å². The molecule has 0 aliphatic carbocycles. The SMILES string of the molecule is Cc1noc(C2CCC(CN)O2)n1. The zero-order valence-electron chi connectivity index (χ0n) is 7.56. The molecule has 1 saturated heterocycles. The molecular formula is C8H13N3O2. The van der Waals surface area contributed by atoms with Gasteiger partial charge in [-0.2, -0.15) is 4.98 Å². The minimum atomic E-state index is -0.0465. The first-order valence-electron chi connectivity index (χ1n) is 4.45. The van der Waals surface area contributed by atoms with Crippen molar-refractivity contribution in [1.82, 2.24) is 10.1 Å². The summed E-state index contributed by atoms with van der Waals surface area (Å²) in [5, 5.41) is 3.71. The number of aromatic nitrogens is 2. The average Bonchev–Trinajstić information content (AvgIpc) is 2.71. The van der Waals surface area contributed by atoms with E-state index in [1.165, 1.54) is 0 Å². The average molecular weight is 183 g/mol. The van der Waals surface area contributed by atoms with Crippen molar-refractivity contribution < 1.29 is 9.26 Å². The lowest BCUT2D eigenvalue weighted by Crippen LogP contribution is -2.18. The summed E-state index contributed by atoms with van der Waals surface area (Å²) in [7, 11) is 0. The van der Waals surface area contributed by atoms with Crippen LogP contribution >= 0.6 is 0 Å². The van der Waals surface area contributed by atoms with Gasteiger partial charge in [0.25, 0.3) is 5.89 Å². The lowest BCUT2D eigenvalue weighted by molar-refractivity contribution is 0.0307. The Bertz CT molecular complexity index is 287. The molecule has 72 valence electrons. The Hall–Kier alpha value is -0.940. The number of nitrogens with zero attached hydrogens (tertiary/aromatic N) is 2. The van der Waals surface area contributed by atoms with Gasteiger partial charge < -0.3 is 15.0 Å². The van der Waals surface area contributed by atoms with Crippen LogP contribution in [0.5, 0.6) is 0 Å². The van der Waals surface area contributed by atoms with Gasteiger partial charge in [0.15, 0.2) is 5.82 Å². The monoisotopic (exact) mass is 183 g/mol. The number of rotatable bonds is 2. The summed E-state index contributed by atoms with van der Waals surface area (Å²) in [6.45, 7) is 2.35. The molecule has 1 aliphatic heterocycles. The van der Waals surface area contributed by atoms with Crippen LogP contribution in [0, 0.1) is 6.92 Å². The Morgan fingerprint density at radius 2 is 2.38 bits per heavy atom. The van der Waals surface area contributed by atoms with Crippen LogP contribution in [0.25, 0.3) is 0 Å². The van der Waals surface area contributed by atoms with E-state index in [9.17, 15) is 0 Å². The predicted molar refractivity (Wildman–Crippen MR) is 44.9 cm³/mol. The van der Waals surface area contributed by atoms with Gasteiger partial charge in [-0.3, -0.25) is 0 Å². The topological polar surface area (TPSA) is 74.2 Å². The van der Waals surface area contributed by atoms with Gasteiger partial charge in [0, 0.05) is 6.54 Å². The van der Waals surface area contributed by atoms with Crippen molar-refractivity contribution in [2.45, 2.75) is 32.0 Å². The molecule has 0 aromatic carbocycles. The summed E-state index contributed by atoms with van der Waals surface area (Å²) >= 11 is 0. The summed E-state index contributed by atoms with van der Waals surface area (Å²) in [6, 6.07) is 0. The van der Waals surface area contributed by atoms with Gasteiger partial charge in [0.2, 0.25) is 0 Å². The Morgan fingerprint density at radius 1 is 1.54 bits per heavy atom. The molecule has 2 atom stereocenters. The third kappa shape index (κ3) is 1.71. The number of nitrogens with two attached hydrogens (primary N) is 1. The van der Waals surface area contributed by atoms with Gasteiger partial charge in [-0.15, -0.1) is 0 Å². The van der Waals surface area contributed by atoms with E-state index in [0.717, 1.165) is 12.8 Å². The lowest BCUT2D eigenvalue weighted by Gasteiger charge is -2.07. The number of hydrogen-bond donors (Lipinski definition) is 1. The van der Waals surface area contributed by atoms with Crippen molar-refractivity contribution in [3.63, 3.8) is 0 Å². The Kier molecular flexibility index (Phi) is 2.28. The van der Waals surface area contributed by atoms with Crippen molar-refractivity contribution in [3.05, 3.63) is 11.7 Å². The summed E-state index contributed by atoms with van der Waals surface area (Å²) in [4.78, 5) is 4.12. The zero-order chi connectivity index (χ0) is 9.26. The van der Waals surface area contributed by atoms with E-state index in [1.54, 1.807) is 6.92 Å². The van der Waals surface area contributed by atoms with Crippen LogP contribution in [0.1, 0.15) is 30.7 Å². The molecule has 1 aliphatic rings. The van der Waals surface area contributed by atoms with Crippen molar-refractivity contribution in [1.29, 1.82) is 0 Å². The Labute approximate surface area is 76.3 Å². The fourth-order valence-corrected chi connectivity index (χ4v) is 1.50. The maximum atomic E-state index is 5.59. The molecule has 0 amide bonds. The highest BCUT2D eigenvalue weighted by molar-refractivity contribution is 4.91. The lowest BCUT2D eigenvalue weighted by atomic mass is 10.2. The Balaban J connectivity index is 2.03. The standard InChI is InChI=1S/C8H13N3O2/c1-5-10-8(13-11-5)7-3-2-6(4-9)12-7/h6-7H,2-4,9H2,1H3. The first-order valence-corrected chi connectivity index (χ1v) is 4.45. The Morgan fingerprint density at radius 3 is 2.92 bits per heavy atom. The fourth-order valence-electron chi connectivity index (χ4n) is 1.50. The third-order valence-electron chi connectivity index (χ3n) is 2.19. The normalized spacial score (nSPS) is 28.2. The molecule has 2 heterocycles. The van der Waals surface area contributed by atoms with E-state index in [-0.39, 0.29) is 12.2 Å². The highest BCUT2D eigenvalue weighted by Crippen LogP contribution is 2.30. The van der Waals surface area contributed by atoms with E-state index in [0.29, 0.717) is 18.3 Å². The number of aryl methyl sites for hydroxylation is 1. The molecule has 1 aromatic rings. The van der Waals surface area contributed by atoms with E-state index in [1.807, 2.05) is 0 Å². The summed E-state index contributed by atoms with van der Waals surface area (Å²) in [5.74, 6) is 1.23. The quantitative estimate of drug-likeness (QED) is 0.725. The van der Waals surface area contributed by atoms with Crippen LogP contribution < -0.4 is 5.73 Å². The second kappa shape index (κ2) is 3.43. The molecular weight excluding hydrogens is 170 g/mol. The van der Waals surface area contributed by atoms with Crippen LogP contribution in [-0.2, 0) is 4.74 Å². The number of ether oxygens (including phenoxy) is 1. The van der Waals surface area contributed by atoms with Crippen LogP contribution in [0.3, 0.4) is 0 Å². The van der Waals surface area contributed by atoms with Crippen LogP contribution in [-0.4, -0.2) is 22.8 Å². The molecule has 2 unspecified atom stereocenters. The molecule has 1 fully saturated rings. The maximum Gasteiger partial charge on any atom is 0.255 e. The van der Waals surface area contributed by atoms with Crippen LogP contribution in [0.4, 0.5) is 0 Å². The van der Waals surface area contributed by atoms with Crippen molar-refractivity contribution in [3.8, 4) is 0 Å². The van der Waals surface area contributed by atoms with E-state index >= 15 is 0 Å². The highest BCUT2D eigenvalue weighted by Gasteiger charge is 2.29.